The van der Waals surface area contributed by atoms with Crippen LogP contribution in [-0.4, -0.2) is 42.6 Å². The highest BCUT2D eigenvalue weighted by Crippen LogP contribution is 2.27. The topological polar surface area (TPSA) is 111 Å². The van der Waals surface area contributed by atoms with E-state index in [0.29, 0.717) is 0 Å². The average molecular weight is 349 g/mol. The van der Waals surface area contributed by atoms with E-state index in [2.05, 4.69) is 5.32 Å². The molecule has 0 unspecified atom stereocenters. The maximum absolute atomic E-state index is 11.9. The van der Waals surface area contributed by atoms with Crippen LogP contribution in [-0.2, 0) is 4.79 Å². The van der Waals surface area contributed by atoms with Gasteiger partial charge in [-0.3, -0.25) is 19.7 Å². The highest BCUT2D eigenvalue weighted by molar-refractivity contribution is 5.97. The number of amides is 2. The second kappa shape index (κ2) is 8.13. The van der Waals surface area contributed by atoms with Crippen LogP contribution in [0.15, 0.2) is 18.2 Å². The van der Waals surface area contributed by atoms with Crippen LogP contribution in [0.2, 0.25) is 0 Å². The Labute approximate surface area is 134 Å². The molecule has 0 bridgehead atoms. The van der Waals surface area contributed by atoms with Crippen molar-refractivity contribution in [2.24, 2.45) is 0 Å². The van der Waals surface area contributed by atoms with Crippen LogP contribution < -0.4 is 15.4 Å². The van der Waals surface area contributed by atoms with Crippen LogP contribution in [0, 0.1) is 10.1 Å². The molecule has 0 aliphatic carbocycles. The Kier molecular flexibility index (Phi) is 6.50. The number of nitro groups is 1. The van der Waals surface area contributed by atoms with Crippen LogP contribution >= 0.6 is 0 Å². The van der Waals surface area contributed by atoms with Crippen molar-refractivity contribution in [3.8, 4) is 5.75 Å². The van der Waals surface area contributed by atoms with Crippen molar-refractivity contribution in [3.63, 3.8) is 0 Å². The summed E-state index contributed by atoms with van der Waals surface area (Å²) in [5.41, 5.74) is -0.570. The predicted molar refractivity (Wildman–Crippen MR) is 75.7 cm³/mol. The molecule has 0 saturated heterocycles. The first-order chi connectivity index (χ1) is 11.1. The number of benzene rings is 1. The smallest absolute Gasteiger partial charge is 0.405 e. The first-order valence-corrected chi connectivity index (χ1v) is 6.67. The van der Waals surface area contributed by atoms with Gasteiger partial charge in [-0.15, -0.1) is 0 Å². The second-order valence-corrected chi connectivity index (χ2v) is 4.45. The van der Waals surface area contributed by atoms with Crippen LogP contribution in [0.3, 0.4) is 0 Å². The maximum Gasteiger partial charge on any atom is 0.405 e. The molecule has 2 N–H and O–H groups in total. The number of nitrogens with zero attached hydrogens (tertiary/aromatic N) is 1. The van der Waals surface area contributed by atoms with E-state index in [0.717, 1.165) is 6.07 Å². The van der Waals surface area contributed by atoms with Gasteiger partial charge in [-0.1, -0.05) is 0 Å². The summed E-state index contributed by atoms with van der Waals surface area (Å²) in [4.78, 5) is 33.2. The van der Waals surface area contributed by atoms with E-state index >= 15 is 0 Å². The normalized spacial score (nSPS) is 10.8. The summed E-state index contributed by atoms with van der Waals surface area (Å²) in [6, 6.07) is 3.41. The molecule has 0 saturated carbocycles. The molecule has 2 amide bonds. The summed E-state index contributed by atoms with van der Waals surface area (Å²) in [6.07, 6.45) is -4.56. The van der Waals surface area contributed by atoms with E-state index in [1.54, 1.807) is 12.2 Å². The van der Waals surface area contributed by atoms with Crippen LogP contribution in [0.4, 0.5) is 18.9 Å². The first kappa shape index (κ1) is 19.2. The molecule has 0 radical (unpaired) electrons. The van der Waals surface area contributed by atoms with Crippen LogP contribution in [0.5, 0.6) is 5.75 Å². The van der Waals surface area contributed by atoms with E-state index in [9.17, 15) is 32.9 Å². The van der Waals surface area contributed by atoms with Crippen LogP contribution in [0.1, 0.15) is 17.3 Å². The fourth-order valence-electron chi connectivity index (χ4n) is 1.60. The molecule has 24 heavy (non-hydrogen) atoms. The number of carbonyl (C=O) groups excluding carboxylic acids is 2. The maximum atomic E-state index is 11.9. The minimum absolute atomic E-state index is 0.0260. The summed E-state index contributed by atoms with van der Waals surface area (Å²) >= 11 is 0. The number of carbonyl (C=O) groups is 2. The first-order valence-electron chi connectivity index (χ1n) is 6.67. The van der Waals surface area contributed by atoms with E-state index in [1.807, 2.05) is 0 Å². The highest BCUT2D eigenvalue weighted by atomic mass is 19.4. The third-order valence-corrected chi connectivity index (χ3v) is 2.61. The van der Waals surface area contributed by atoms with E-state index in [1.165, 1.54) is 12.1 Å². The van der Waals surface area contributed by atoms with Crippen molar-refractivity contribution < 1.29 is 32.4 Å². The molecule has 0 heterocycles. The molecule has 1 aromatic carbocycles. The van der Waals surface area contributed by atoms with Gasteiger partial charge in [0.25, 0.3) is 5.91 Å². The zero-order valence-electron chi connectivity index (χ0n) is 12.5. The number of hydrogen-bond donors (Lipinski definition) is 2. The van der Waals surface area contributed by atoms with Gasteiger partial charge in [0.15, 0.2) is 5.75 Å². The van der Waals surface area contributed by atoms with Gasteiger partial charge in [0.05, 0.1) is 18.1 Å². The fraction of sp³-hybridized carbons (Fsp3) is 0.385. The SMILES string of the molecule is CCOc1ccc(C(=O)NCC(=O)NCC(F)(F)F)cc1[N+](=O)[O-]. The molecule has 0 aliphatic heterocycles. The molecule has 1 rings (SSSR count). The van der Waals surface area contributed by atoms with E-state index in [-0.39, 0.29) is 17.9 Å². The Morgan fingerprint density at radius 2 is 1.96 bits per heavy atom. The van der Waals surface area contributed by atoms with Crippen molar-refractivity contribution in [3.05, 3.63) is 33.9 Å². The lowest BCUT2D eigenvalue weighted by Gasteiger charge is -2.09. The highest BCUT2D eigenvalue weighted by Gasteiger charge is 2.27. The number of hydrogen-bond acceptors (Lipinski definition) is 5. The molecule has 132 valence electrons. The Bertz CT molecular complexity index is 634. The van der Waals surface area contributed by atoms with Crippen molar-refractivity contribution >= 4 is 17.5 Å². The summed E-state index contributed by atoms with van der Waals surface area (Å²) in [5, 5.41) is 14.6. The average Bonchev–Trinajstić information content (AvgIpc) is 2.50. The van der Waals surface area contributed by atoms with Gasteiger partial charge >= 0.3 is 11.9 Å². The predicted octanol–water partition coefficient (Wildman–Crippen LogP) is 1.40. The molecule has 0 aliphatic rings. The minimum Gasteiger partial charge on any atom is -0.487 e. The Balaban J connectivity index is 2.69. The summed E-state index contributed by atoms with van der Waals surface area (Å²) < 4.78 is 40.8. The summed E-state index contributed by atoms with van der Waals surface area (Å²) in [7, 11) is 0. The second-order valence-electron chi connectivity index (χ2n) is 4.45. The van der Waals surface area contributed by atoms with Gasteiger partial charge < -0.3 is 15.4 Å². The minimum atomic E-state index is -4.56. The van der Waals surface area contributed by atoms with Gasteiger partial charge in [0.2, 0.25) is 5.91 Å². The molecular weight excluding hydrogens is 335 g/mol. The molecule has 1 aromatic rings. The molecule has 8 nitrogen and oxygen atoms in total. The Morgan fingerprint density at radius 1 is 1.29 bits per heavy atom. The van der Waals surface area contributed by atoms with Gasteiger partial charge in [-0.05, 0) is 19.1 Å². The quantitative estimate of drug-likeness (QED) is 0.571. The van der Waals surface area contributed by atoms with Crippen molar-refractivity contribution in [2.75, 3.05) is 19.7 Å². The number of ether oxygens (including phenoxy) is 1. The largest absolute Gasteiger partial charge is 0.487 e. The molecule has 0 fully saturated rings. The Hall–Kier alpha value is -2.85. The molecule has 0 aromatic heterocycles. The summed E-state index contributed by atoms with van der Waals surface area (Å²) in [6.45, 7) is -0.401. The van der Waals surface area contributed by atoms with Crippen LogP contribution in [0.25, 0.3) is 0 Å². The van der Waals surface area contributed by atoms with Gasteiger partial charge in [0.1, 0.15) is 6.54 Å². The van der Waals surface area contributed by atoms with Gasteiger partial charge in [-0.25, -0.2) is 0 Å². The van der Waals surface area contributed by atoms with Gasteiger partial charge in [0, 0.05) is 11.6 Å². The third kappa shape index (κ3) is 6.10. The molecular formula is C13H14F3N3O5. The number of nitrogens with one attached hydrogen (secondary N) is 2. The molecule has 11 heteroatoms. The lowest BCUT2D eigenvalue weighted by molar-refractivity contribution is -0.385. The molecule has 0 spiro atoms. The summed E-state index contributed by atoms with van der Waals surface area (Å²) in [5.74, 6) is -1.91. The molecule has 0 atom stereocenters. The lowest BCUT2D eigenvalue weighted by Crippen LogP contribution is -2.40. The zero-order valence-corrected chi connectivity index (χ0v) is 12.5. The third-order valence-electron chi connectivity index (χ3n) is 2.61. The van der Waals surface area contributed by atoms with E-state index in [4.69, 9.17) is 4.74 Å². The standard InChI is InChI=1S/C13H14F3N3O5/c1-2-24-10-4-3-8(5-9(10)19(22)23)12(21)17-6-11(20)18-7-13(14,15)16/h3-5H,2,6-7H2,1H3,(H,17,21)(H,18,20). The number of halogens is 3. The monoisotopic (exact) mass is 349 g/mol. The van der Waals surface area contributed by atoms with E-state index < -0.39 is 41.7 Å². The van der Waals surface area contributed by atoms with Crippen molar-refractivity contribution in [2.45, 2.75) is 13.1 Å². The number of nitro benzene ring substituents is 1. The van der Waals surface area contributed by atoms with Crippen molar-refractivity contribution in [1.29, 1.82) is 0 Å². The fourth-order valence-corrected chi connectivity index (χ4v) is 1.60. The Morgan fingerprint density at radius 3 is 2.50 bits per heavy atom. The number of rotatable bonds is 7. The van der Waals surface area contributed by atoms with Gasteiger partial charge in [-0.2, -0.15) is 13.2 Å². The van der Waals surface area contributed by atoms with Crippen molar-refractivity contribution in [1.82, 2.24) is 10.6 Å². The zero-order chi connectivity index (χ0) is 18.3. The number of alkyl halides is 3. The lowest BCUT2D eigenvalue weighted by atomic mass is 10.1.